The van der Waals surface area contributed by atoms with Crippen LogP contribution >= 0.6 is 0 Å². The summed E-state index contributed by atoms with van der Waals surface area (Å²) in [6, 6.07) is 10.6. The number of hydrogen-bond donors (Lipinski definition) is 0. The van der Waals surface area contributed by atoms with Crippen molar-refractivity contribution in [2.24, 2.45) is 5.41 Å². The topological polar surface area (TPSA) is 61.8 Å². The molecule has 0 unspecified atom stereocenters. The van der Waals surface area contributed by atoms with Crippen LogP contribution in [0.2, 0.25) is 0 Å². The number of esters is 1. The van der Waals surface area contributed by atoms with Crippen LogP contribution in [0.1, 0.15) is 89.7 Å². The standard InChI is InChI=1S/C30H40O5/c1-9-19-33-26-18-16-24(29(3,4)5)27(34-20-10-2)23(26)15-17-25(31)21-11-13-22(14-12-21)35-28(32)30(6,7)8/h11-18H,9-10,19-20H2,1-8H3/b17-15+. The van der Waals surface area contributed by atoms with Crippen LogP contribution in [0.25, 0.3) is 6.08 Å². The third-order valence-corrected chi connectivity index (χ3v) is 5.24. The monoisotopic (exact) mass is 480 g/mol. The van der Waals surface area contributed by atoms with Gasteiger partial charge in [-0.05, 0) is 81.5 Å². The average molecular weight is 481 g/mol. The van der Waals surface area contributed by atoms with E-state index in [-0.39, 0.29) is 17.2 Å². The number of ether oxygens (including phenoxy) is 3. The van der Waals surface area contributed by atoms with Crippen LogP contribution < -0.4 is 14.2 Å². The quantitative estimate of drug-likeness (QED) is 0.153. The first kappa shape index (κ1) is 28.2. The minimum absolute atomic E-state index is 0.140. The molecule has 5 nitrogen and oxygen atoms in total. The lowest BCUT2D eigenvalue weighted by Gasteiger charge is -2.25. The van der Waals surface area contributed by atoms with Crippen LogP contribution in [0, 0.1) is 5.41 Å². The molecule has 2 rings (SSSR count). The van der Waals surface area contributed by atoms with Gasteiger partial charge in [-0.25, -0.2) is 0 Å². The van der Waals surface area contributed by atoms with E-state index in [1.54, 1.807) is 51.1 Å². The van der Waals surface area contributed by atoms with E-state index < -0.39 is 5.41 Å². The molecule has 0 spiro atoms. The molecule has 0 bridgehead atoms. The van der Waals surface area contributed by atoms with E-state index in [1.807, 2.05) is 12.1 Å². The van der Waals surface area contributed by atoms with Crippen LogP contribution in [0.15, 0.2) is 42.5 Å². The molecule has 0 radical (unpaired) electrons. The van der Waals surface area contributed by atoms with Crippen molar-refractivity contribution in [2.75, 3.05) is 13.2 Å². The van der Waals surface area contributed by atoms with Crippen LogP contribution in [-0.2, 0) is 10.2 Å². The average Bonchev–Trinajstić information content (AvgIpc) is 2.79. The van der Waals surface area contributed by atoms with E-state index >= 15 is 0 Å². The Bertz CT molecular complexity index is 1030. The zero-order valence-corrected chi connectivity index (χ0v) is 22.5. The third kappa shape index (κ3) is 7.98. The molecule has 2 aromatic carbocycles. The number of hydrogen-bond acceptors (Lipinski definition) is 5. The second-order valence-corrected chi connectivity index (χ2v) is 10.7. The van der Waals surface area contributed by atoms with Crippen molar-refractivity contribution in [3.05, 3.63) is 59.2 Å². The Kier molecular flexibility index (Phi) is 9.70. The first-order valence-corrected chi connectivity index (χ1v) is 12.4. The lowest BCUT2D eigenvalue weighted by molar-refractivity contribution is -0.143. The molecule has 5 heteroatoms. The van der Waals surface area contributed by atoms with Gasteiger partial charge in [-0.2, -0.15) is 0 Å². The highest BCUT2D eigenvalue weighted by molar-refractivity contribution is 6.07. The molecule has 190 valence electrons. The summed E-state index contributed by atoms with van der Waals surface area (Å²) in [5.41, 5.74) is 1.58. The van der Waals surface area contributed by atoms with Gasteiger partial charge in [-0.15, -0.1) is 0 Å². The summed E-state index contributed by atoms with van der Waals surface area (Å²) in [6.45, 7) is 17.1. The van der Waals surface area contributed by atoms with Crippen molar-refractivity contribution in [1.82, 2.24) is 0 Å². The molecule has 0 heterocycles. The zero-order chi connectivity index (χ0) is 26.2. The molecule has 0 saturated heterocycles. The van der Waals surface area contributed by atoms with Crippen molar-refractivity contribution < 1.29 is 23.8 Å². The van der Waals surface area contributed by atoms with Crippen LogP contribution in [-0.4, -0.2) is 25.0 Å². The number of rotatable bonds is 10. The molecule has 0 amide bonds. The summed E-state index contributed by atoms with van der Waals surface area (Å²) in [7, 11) is 0. The van der Waals surface area contributed by atoms with Gasteiger partial charge in [0.1, 0.15) is 17.2 Å². The Balaban J connectivity index is 2.38. The first-order valence-electron chi connectivity index (χ1n) is 12.4. The van der Waals surface area contributed by atoms with Crippen molar-refractivity contribution in [1.29, 1.82) is 0 Å². The molecule has 0 N–H and O–H groups in total. The maximum atomic E-state index is 13.0. The second-order valence-electron chi connectivity index (χ2n) is 10.7. The van der Waals surface area contributed by atoms with Crippen LogP contribution in [0.5, 0.6) is 17.2 Å². The van der Waals surface area contributed by atoms with Gasteiger partial charge < -0.3 is 14.2 Å². The largest absolute Gasteiger partial charge is 0.493 e. The maximum absolute atomic E-state index is 13.0. The lowest BCUT2D eigenvalue weighted by atomic mass is 9.84. The minimum Gasteiger partial charge on any atom is -0.493 e. The van der Waals surface area contributed by atoms with Gasteiger partial charge in [-0.1, -0.05) is 40.7 Å². The van der Waals surface area contributed by atoms with E-state index in [0.29, 0.717) is 30.3 Å². The normalized spacial score (nSPS) is 12.0. The Labute approximate surface area is 210 Å². The zero-order valence-electron chi connectivity index (χ0n) is 22.5. The van der Waals surface area contributed by atoms with Gasteiger partial charge in [0.2, 0.25) is 0 Å². The fourth-order valence-electron chi connectivity index (χ4n) is 3.23. The van der Waals surface area contributed by atoms with Crippen molar-refractivity contribution in [3.8, 4) is 17.2 Å². The summed E-state index contributed by atoms with van der Waals surface area (Å²) < 4.78 is 17.6. The molecule has 0 fully saturated rings. The van der Waals surface area contributed by atoms with Crippen molar-refractivity contribution in [3.63, 3.8) is 0 Å². The summed E-state index contributed by atoms with van der Waals surface area (Å²) in [4.78, 5) is 25.1. The Morgan fingerprint density at radius 3 is 1.97 bits per heavy atom. The Morgan fingerprint density at radius 1 is 0.829 bits per heavy atom. The highest BCUT2D eigenvalue weighted by Gasteiger charge is 2.25. The fraction of sp³-hybridized carbons (Fsp3) is 0.467. The van der Waals surface area contributed by atoms with Crippen LogP contribution in [0.4, 0.5) is 0 Å². The summed E-state index contributed by atoms with van der Waals surface area (Å²) in [6.07, 6.45) is 5.06. The molecule has 2 aromatic rings. The van der Waals surface area contributed by atoms with Crippen molar-refractivity contribution >= 4 is 17.8 Å². The van der Waals surface area contributed by atoms with Gasteiger partial charge in [0.15, 0.2) is 5.78 Å². The van der Waals surface area contributed by atoms with Gasteiger partial charge >= 0.3 is 5.97 Å². The number of benzene rings is 2. The predicted octanol–water partition coefficient (Wildman–Crippen LogP) is 7.41. The number of ketones is 1. The number of allylic oxidation sites excluding steroid dienone is 1. The molecule has 35 heavy (non-hydrogen) atoms. The second kappa shape index (κ2) is 12.1. The molecule has 0 saturated carbocycles. The maximum Gasteiger partial charge on any atom is 0.316 e. The van der Waals surface area contributed by atoms with Gasteiger partial charge in [-0.3, -0.25) is 9.59 Å². The van der Waals surface area contributed by atoms with E-state index in [2.05, 4.69) is 34.6 Å². The van der Waals surface area contributed by atoms with E-state index in [0.717, 1.165) is 29.7 Å². The summed E-state index contributed by atoms with van der Waals surface area (Å²) in [5, 5.41) is 0. The molecule has 0 aliphatic heterocycles. The molecule has 0 aliphatic rings. The first-order chi connectivity index (χ1) is 16.4. The molecule has 0 aromatic heterocycles. The fourth-order valence-corrected chi connectivity index (χ4v) is 3.23. The lowest BCUT2D eigenvalue weighted by Crippen LogP contribution is -2.25. The predicted molar refractivity (Wildman–Crippen MR) is 142 cm³/mol. The Morgan fingerprint density at radius 2 is 1.43 bits per heavy atom. The highest BCUT2D eigenvalue weighted by atomic mass is 16.5. The van der Waals surface area contributed by atoms with Crippen LogP contribution in [0.3, 0.4) is 0 Å². The third-order valence-electron chi connectivity index (χ3n) is 5.24. The molecule has 0 aliphatic carbocycles. The summed E-state index contributed by atoms with van der Waals surface area (Å²) in [5.74, 6) is 1.37. The number of carbonyl (C=O) groups excluding carboxylic acids is 2. The van der Waals surface area contributed by atoms with E-state index in [1.165, 1.54) is 6.08 Å². The SMILES string of the molecule is CCCOc1ccc(C(C)(C)C)c(OCCC)c1/C=C/C(=O)c1ccc(OC(=O)C(C)(C)C)cc1. The smallest absolute Gasteiger partial charge is 0.316 e. The summed E-state index contributed by atoms with van der Waals surface area (Å²) >= 11 is 0. The minimum atomic E-state index is -0.603. The number of carbonyl (C=O) groups is 2. The molecular weight excluding hydrogens is 440 g/mol. The van der Waals surface area contributed by atoms with E-state index in [9.17, 15) is 9.59 Å². The van der Waals surface area contributed by atoms with E-state index in [4.69, 9.17) is 14.2 Å². The highest BCUT2D eigenvalue weighted by Crippen LogP contribution is 2.40. The Hall–Kier alpha value is -3.08. The molecular formula is C30H40O5. The van der Waals surface area contributed by atoms with Gasteiger partial charge in [0.25, 0.3) is 0 Å². The van der Waals surface area contributed by atoms with Gasteiger partial charge in [0, 0.05) is 11.1 Å². The molecule has 0 atom stereocenters. The van der Waals surface area contributed by atoms with Gasteiger partial charge in [0.05, 0.1) is 24.2 Å². The van der Waals surface area contributed by atoms with Crippen molar-refractivity contribution in [2.45, 2.75) is 73.6 Å².